The number of nitrogens with one attached hydrogen (secondary N) is 1. The maximum Gasteiger partial charge on any atom is 0.247 e. The summed E-state index contributed by atoms with van der Waals surface area (Å²) in [4.78, 5) is 23.6. The number of aromatic nitrogens is 1. The maximum absolute atomic E-state index is 13.4. The summed E-state index contributed by atoms with van der Waals surface area (Å²) in [5.41, 5.74) is 1.70. The third kappa shape index (κ3) is 2.85. The number of amides is 1. The maximum atomic E-state index is 13.4. The van der Waals surface area contributed by atoms with Crippen molar-refractivity contribution in [2.24, 2.45) is 0 Å². The van der Waals surface area contributed by atoms with Crippen molar-refractivity contribution >= 4 is 28.8 Å². The van der Waals surface area contributed by atoms with Crippen molar-refractivity contribution in [2.45, 2.75) is 13.0 Å². The molecule has 0 saturated heterocycles. The van der Waals surface area contributed by atoms with E-state index < -0.39 is 11.9 Å². The molecular formula is C18H15FN2O2. The van der Waals surface area contributed by atoms with Crippen molar-refractivity contribution in [3.05, 3.63) is 66.1 Å². The van der Waals surface area contributed by atoms with E-state index >= 15 is 0 Å². The molecule has 23 heavy (non-hydrogen) atoms. The smallest absolute Gasteiger partial charge is 0.247 e. The zero-order valence-corrected chi connectivity index (χ0v) is 12.5. The molecule has 2 aromatic carbocycles. The lowest BCUT2D eigenvalue weighted by Gasteiger charge is -2.15. The lowest BCUT2D eigenvalue weighted by atomic mass is 10.2. The Kier molecular flexibility index (Phi) is 3.93. The van der Waals surface area contributed by atoms with Gasteiger partial charge in [-0.2, -0.15) is 0 Å². The van der Waals surface area contributed by atoms with Gasteiger partial charge in [-0.05, 0) is 37.3 Å². The fraction of sp³-hybridized carbons (Fsp3) is 0.111. The van der Waals surface area contributed by atoms with Crippen LogP contribution in [0.15, 0.2) is 54.7 Å². The van der Waals surface area contributed by atoms with Crippen molar-refractivity contribution in [1.29, 1.82) is 0 Å². The number of aldehydes is 1. The van der Waals surface area contributed by atoms with Crippen LogP contribution in [0.25, 0.3) is 10.9 Å². The summed E-state index contributed by atoms with van der Waals surface area (Å²) in [6.07, 6.45) is 2.24. The van der Waals surface area contributed by atoms with Crippen LogP contribution >= 0.6 is 0 Å². The number of carbonyl (C=O) groups is 2. The van der Waals surface area contributed by atoms with Crippen LogP contribution in [-0.2, 0) is 4.79 Å². The van der Waals surface area contributed by atoms with Crippen LogP contribution in [0, 0.1) is 5.82 Å². The van der Waals surface area contributed by atoms with Gasteiger partial charge in [-0.15, -0.1) is 0 Å². The standard InChI is InChI=1S/C18H15FN2O2/c1-12(18(23)20-15-5-3-2-4-6-15)21-10-13(11-22)16-9-14(19)7-8-17(16)21/h2-12H,1H3,(H,20,23). The van der Waals surface area contributed by atoms with Crippen LogP contribution in [0.3, 0.4) is 0 Å². The minimum Gasteiger partial charge on any atom is -0.335 e. The van der Waals surface area contributed by atoms with Crippen LogP contribution < -0.4 is 5.32 Å². The molecule has 116 valence electrons. The average Bonchev–Trinajstić information content (AvgIpc) is 2.92. The van der Waals surface area contributed by atoms with Gasteiger partial charge in [0.05, 0.1) is 0 Å². The second-order valence-corrected chi connectivity index (χ2v) is 5.30. The highest BCUT2D eigenvalue weighted by Gasteiger charge is 2.19. The molecule has 0 radical (unpaired) electrons. The summed E-state index contributed by atoms with van der Waals surface area (Å²) in [5, 5.41) is 3.32. The van der Waals surface area contributed by atoms with E-state index in [0.29, 0.717) is 28.4 Å². The SMILES string of the molecule is CC(C(=O)Nc1ccccc1)n1cc(C=O)c2cc(F)ccc21. The molecule has 1 N–H and O–H groups in total. The van der Waals surface area contributed by atoms with Crippen molar-refractivity contribution < 1.29 is 14.0 Å². The van der Waals surface area contributed by atoms with Gasteiger partial charge in [0.2, 0.25) is 5.91 Å². The number of benzene rings is 2. The van der Waals surface area contributed by atoms with E-state index in [4.69, 9.17) is 0 Å². The molecule has 0 fully saturated rings. The fourth-order valence-electron chi connectivity index (χ4n) is 2.56. The molecule has 0 bridgehead atoms. The number of hydrogen-bond donors (Lipinski definition) is 1. The Balaban J connectivity index is 1.96. The molecule has 0 aliphatic rings. The monoisotopic (exact) mass is 310 g/mol. The molecule has 1 heterocycles. The van der Waals surface area contributed by atoms with Crippen molar-refractivity contribution in [3.8, 4) is 0 Å². The van der Waals surface area contributed by atoms with Crippen LogP contribution in [0.2, 0.25) is 0 Å². The molecule has 0 spiro atoms. The Morgan fingerprint density at radius 3 is 2.65 bits per heavy atom. The largest absolute Gasteiger partial charge is 0.335 e. The van der Waals surface area contributed by atoms with Gasteiger partial charge < -0.3 is 9.88 Å². The molecule has 3 rings (SSSR count). The van der Waals surface area contributed by atoms with Crippen LogP contribution in [0.5, 0.6) is 0 Å². The molecule has 0 saturated carbocycles. The summed E-state index contributed by atoms with van der Waals surface area (Å²) in [6, 6.07) is 12.8. The van der Waals surface area contributed by atoms with Gasteiger partial charge in [-0.25, -0.2) is 4.39 Å². The Labute approximate surface area is 132 Å². The van der Waals surface area contributed by atoms with Gasteiger partial charge in [-0.1, -0.05) is 18.2 Å². The zero-order chi connectivity index (χ0) is 16.4. The Hall–Kier alpha value is -2.95. The Morgan fingerprint density at radius 1 is 1.22 bits per heavy atom. The summed E-state index contributed by atoms with van der Waals surface area (Å²) >= 11 is 0. The first-order chi connectivity index (χ1) is 11.1. The van der Waals surface area contributed by atoms with Gasteiger partial charge in [-0.3, -0.25) is 9.59 Å². The molecule has 1 unspecified atom stereocenters. The molecule has 0 aliphatic carbocycles. The van der Waals surface area contributed by atoms with Crippen LogP contribution in [-0.4, -0.2) is 16.8 Å². The number of nitrogens with zero attached hydrogens (tertiary/aromatic N) is 1. The lowest BCUT2D eigenvalue weighted by Crippen LogP contribution is -2.23. The first-order valence-electron chi connectivity index (χ1n) is 7.21. The third-order valence-corrected chi connectivity index (χ3v) is 3.79. The second-order valence-electron chi connectivity index (χ2n) is 5.30. The van der Waals surface area contributed by atoms with Gasteiger partial charge in [0.1, 0.15) is 11.9 Å². The second kappa shape index (κ2) is 6.04. The molecule has 3 aromatic rings. The lowest BCUT2D eigenvalue weighted by molar-refractivity contribution is -0.118. The van der Waals surface area contributed by atoms with Crippen molar-refractivity contribution in [3.63, 3.8) is 0 Å². The zero-order valence-electron chi connectivity index (χ0n) is 12.5. The first-order valence-corrected chi connectivity index (χ1v) is 7.21. The fourth-order valence-corrected chi connectivity index (χ4v) is 2.56. The Morgan fingerprint density at radius 2 is 1.96 bits per heavy atom. The van der Waals surface area contributed by atoms with E-state index in [1.54, 1.807) is 35.9 Å². The van der Waals surface area contributed by atoms with E-state index in [1.165, 1.54) is 12.1 Å². The topological polar surface area (TPSA) is 51.1 Å². The summed E-state index contributed by atoms with van der Waals surface area (Å²) in [7, 11) is 0. The van der Waals surface area contributed by atoms with Gasteiger partial charge in [0.15, 0.2) is 6.29 Å². The summed E-state index contributed by atoms with van der Waals surface area (Å²) in [6.45, 7) is 1.73. The molecule has 5 heteroatoms. The first kappa shape index (κ1) is 15.0. The van der Waals surface area contributed by atoms with E-state index in [0.717, 1.165) is 0 Å². The molecule has 4 nitrogen and oxygen atoms in total. The predicted molar refractivity (Wildman–Crippen MR) is 87.1 cm³/mol. The Bertz CT molecular complexity index is 871. The van der Waals surface area contributed by atoms with E-state index in [2.05, 4.69) is 5.32 Å². The number of hydrogen-bond acceptors (Lipinski definition) is 2. The van der Waals surface area contributed by atoms with E-state index in [-0.39, 0.29) is 5.91 Å². The molecule has 1 amide bonds. The minimum atomic E-state index is -0.545. The predicted octanol–water partition coefficient (Wildman–Crippen LogP) is 3.79. The molecular weight excluding hydrogens is 295 g/mol. The highest BCUT2D eigenvalue weighted by Crippen LogP contribution is 2.25. The number of carbonyl (C=O) groups excluding carboxylic acids is 2. The quantitative estimate of drug-likeness (QED) is 0.745. The number of rotatable bonds is 4. The summed E-state index contributed by atoms with van der Waals surface area (Å²) < 4.78 is 15.1. The van der Waals surface area contributed by atoms with Gasteiger partial charge in [0.25, 0.3) is 0 Å². The highest BCUT2D eigenvalue weighted by molar-refractivity contribution is 6.00. The van der Waals surface area contributed by atoms with Crippen molar-refractivity contribution in [2.75, 3.05) is 5.32 Å². The number of fused-ring (bicyclic) bond motifs is 1. The number of anilines is 1. The number of halogens is 1. The average molecular weight is 310 g/mol. The van der Waals surface area contributed by atoms with E-state index in [9.17, 15) is 14.0 Å². The molecule has 1 aromatic heterocycles. The number of para-hydroxylation sites is 1. The summed E-state index contributed by atoms with van der Waals surface area (Å²) in [5.74, 6) is -0.630. The van der Waals surface area contributed by atoms with Crippen LogP contribution in [0.4, 0.5) is 10.1 Å². The van der Waals surface area contributed by atoms with Crippen LogP contribution in [0.1, 0.15) is 23.3 Å². The molecule has 0 aliphatic heterocycles. The highest BCUT2D eigenvalue weighted by atomic mass is 19.1. The normalized spacial score (nSPS) is 12.1. The van der Waals surface area contributed by atoms with E-state index in [1.807, 2.05) is 18.2 Å². The minimum absolute atomic E-state index is 0.213. The third-order valence-electron chi connectivity index (χ3n) is 3.79. The van der Waals surface area contributed by atoms with Gasteiger partial charge >= 0.3 is 0 Å². The van der Waals surface area contributed by atoms with Crippen molar-refractivity contribution in [1.82, 2.24) is 4.57 Å². The van der Waals surface area contributed by atoms with Gasteiger partial charge in [0, 0.05) is 28.4 Å². The molecule has 1 atom stereocenters.